The van der Waals surface area contributed by atoms with Crippen LogP contribution in [0.2, 0.25) is 0 Å². The van der Waals surface area contributed by atoms with Crippen LogP contribution < -0.4 is 15.1 Å². The number of ether oxygens (including phenoxy) is 3. The molecule has 6 nitrogen and oxygen atoms in total. The van der Waals surface area contributed by atoms with E-state index in [0.29, 0.717) is 30.3 Å². The van der Waals surface area contributed by atoms with Gasteiger partial charge in [-0.3, -0.25) is 4.79 Å². The number of alkyl halides is 2. The number of methoxy groups -OCH3 is 1. The summed E-state index contributed by atoms with van der Waals surface area (Å²) < 4.78 is 21.7. The molecule has 2 aromatic rings. The van der Waals surface area contributed by atoms with Crippen molar-refractivity contribution in [1.29, 1.82) is 0 Å². The monoisotopic (exact) mass is 614 g/mol. The van der Waals surface area contributed by atoms with Crippen molar-refractivity contribution in [3.63, 3.8) is 0 Å². The molecule has 1 aromatic heterocycles. The van der Waals surface area contributed by atoms with Gasteiger partial charge in [-0.1, -0.05) is 45.2 Å². The standard InChI is InChI=1S/C20H24I2O6/c1-20(22,13-21)19(24)27-10-6-4-3-5-9-26-16-12-18(23)28-17-11-14(25-2)7-8-15(16)17/h7-8,11-12H,3-6,9-10,13H2,1-2H3. The van der Waals surface area contributed by atoms with Gasteiger partial charge < -0.3 is 18.6 Å². The van der Waals surface area contributed by atoms with Crippen LogP contribution in [0.25, 0.3) is 11.0 Å². The van der Waals surface area contributed by atoms with Crippen LogP contribution in [0.5, 0.6) is 11.5 Å². The molecule has 0 aliphatic rings. The SMILES string of the molecule is COc1ccc2c(OCCCCCCOC(=O)C(C)(I)CI)cc(=O)oc2c1. The van der Waals surface area contributed by atoms with E-state index < -0.39 is 9.05 Å². The fraction of sp³-hybridized carbons (Fsp3) is 0.500. The van der Waals surface area contributed by atoms with Gasteiger partial charge in [0, 0.05) is 10.5 Å². The molecule has 0 aliphatic carbocycles. The molecule has 0 aliphatic heterocycles. The maximum Gasteiger partial charge on any atom is 0.339 e. The first-order valence-corrected chi connectivity index (χ1v) is 11.6. The van der Waals surface area contributed by atoms with Crippen molar-refractivity contribution in [3.8, 4) is 11.5 Å². The average Bonchev–Trinajstić information content (AvgIpc) is 2.68. The first kappa shape index (κ1) is 23.2. The first-order chi connectivity index (χ1) is 13.4. The Morgan fingerprint density at radius 3 is 2.54 bits per heavy atom. The molecule has 2 rings (SSSR count). The minimum absolute atomic E-state index is 0.155. The number of hydrogen-bond acceptors (Lipinski definition) is 6. The lowest BCUT2D eigenvalue weighted by Gasteiger charge is -2.17. The summed E-state index contributed by atoms with van der Waals surface area (Å²) in [4.78, 5) is 23.6. The third-order valence-electron chi connectivity index (χ3n) is 4.12. The van der Waals surface area contributed by atoms with Crippen LogP contribution in [0.15, 0.2) is 33.5 Å². The third-order valence-corrected chi connectivity index (χ3v) is 7.93. The van der Waals surface area contributed by atoms with Crippen molar-refractivity contribution in [2.24, 2.45) is 0 Å². The Kier molecular flexibility index (Phi) is 9.32. The van der Waals surface area contributed by atoms with E-state index in [9.17, 15) is 9.59 Å². The van der Waals surface area contributed by atoms with Crippen LogP contribution in [0.4, 0.5) is 0 Å². The van der Waals surface area contributed by atoms with E-state index in [-0.39, 0.29) is 5.97 Å². The van der Waals surface area contributed by atoms with E-state index in [0.717, 1.165) is 35.5 Å². The Morgan fingerprint density at radius 2 is 1.86 bits per heavy atom. The quantitative estimate of drug-likeness (QED) is 0.118. The van der Waals surface area contributed by atoms with Gasteiger partial charge in [0.2, 0.25) is 0 Å². The van der Waals surface area contributed by atoms with E-state index in [1.54, 1.807) is 19.2 Å². The Balaban J connectivity index is 1.73. The lowest BCUT2D eigenvalue weighted by atomic mass is 10.2. The van der Waals surface area contributed by atoms with Crippen molar-refractivity contribution in [3.05, 3.63) is 34.7 Å². The molecule has 1 atom stereocenters. The van der Waals surface area contributed by atoms with Gasteiger partial charge in [-0.05, 0) is 44.7 Å². The predicted octanol–water partition coefficient (Wildman–Crippen LogP) is 4.91. The number of unbranched alkanes of at least 4 members (excludes halogenated alkanes) is 3. The maximum absolute atomic E-state index is 11.9. The van der Waals surface area contributed by atoms with Crippen LogP contribution in [-0.2, 0) is 9.53 Å². The molecule has 0 N–H and O–H groups in total. The van der Waals surface area contributed by atoms with Gasteiger partial charge in [0.25, 0.3) is 0 Å². The van der Waals surface area contributed by atoms with Crippen molar-refractivity contribution in [1.82, 2.24) is 0 Å². The number of fused-ring (bicyclic) bond motifs is 1. The fourth-order valence-electron chi connectivity index (χ4n) is 2.47. The van der Waals surface area contributed by atoms with Crippen molar-refractivity contribution in [2.45, 2.75) is 36.0 Å². The Bertz CT molecular complexity index is 846. The molecule has 0 bridgehead atoms. The molecular weight excluding hydrogens is 590 g/mol. The van der Waals surface area contributed by atoms with Crippen molar-refractivity contribution < 1.29 is 23.4 Å². The van der Waals surface area contributed by atoms with Gasteiger partial charge in [0.05, 0.1) is 31.8 Å². The van der Waals surface area contributed by atoms with Gasteiger partial charge in [-0.25, -0.2) is 4.79 Å². The molecule has 0 spiro atoms. The molecule has 0 saturated carbocycles. The second-order valence-corrected chi connectivity index (χ2v) is 9.67. The number of halogens is 2. The van der Waals surface area contributed by atoms with Gasteiger partial charge >= 0.3 is 11.6 Å². The molecule has 1 unspecified atom stereocenters. The van der Waals surface area contributed by atoms with Gasteiger partial charge in [0.1, 0.15) is 20.5 Å². The molecule has 28 heavy (non-hydrogen) atoms. The number of benzene rings is 1. The van der Waals surface area contributed by atoms with Crippen LogP contribution >= 0.6 is 45.2 Å². The molecule has 0 amide bonds. The molecule has 154 valence electrons. The van der Waals surface area contributed by atoms with E-state index in [2.05, 4.69) is 45.2 Å². The number of hydrogen-bond donors (Lipinski definition) is 0. The third kappa shape index (κ3) is 6.78. The predicted molar refractivity (Wildman–Crippen MR) is 125 cm³/mol. The zero-order chi connectivity index (χ0) is 20.6. The second kappa shape index (κ2) is 11.2. The first-order valence-electron chi connectivity index (χ1n) is 9.04. The second-order valence-electron chi connectivity index (χ2n) is 6.52. The van der Waals surface area contributed by atoms with Gasteiger partial charge in [-0.2, -0.15) is 0 Å². The Labute approximate surface area is 191 Å². The summed E-state index contributed by atoms with van der Waals surface area (Å²) in [5.74, 6) is 0.982. The summed E-state index contributed by atoms with van der Waals surface area (Å²) >= 11 is 4.32. The van der Waals surface area contributed by atoms with Crippen LogP contribution in [-0.4, -0.2) is 34.1 Å². The van der Waals surface area contributed by atoms with Crippen LogP contribution in [0, 0.1) is 0 Å². The van der Waals surface area contributed by atoms with E-state index in [4.69, 9.17) is 18.6 Å². The smallest absolute Gasteiger partial charge is 0.339 e. The summed E-state index contributed by atoms with van der Waals surface area (Å²) in [6.45, 7) is 2.83. The zero-order valence-corrected chi connectivity index (χ0v) is 20.3. The average molecular weight is 614 g/mol. The highest BCUT2D eigenvalue weighted by Crippen LogP contribution is 2.27. The van der Waals surface area contributed by atoms with E-state index >= 15 is 0 Å². The van der Waals surface area contributed by atoms with Crippen LogP contribution in [0.1, 0.15) is 32.6 Å². The number of carbonyl (C=O) groups excluding carboxylic acids is 1. The lowest BCUT2D eigenvalue weighted by Crippen LogP contribution is -2.32. The van der Waals surface area contributed by atoms with Gasteiger partial charge in [-0.15, -0.1) is 0 Å². The molecule has 1 heterocycles. The van der Waals surface area contributed by atoms with E-state index in [1.807, 2.05) is 13.0 Å². The molecular formula is C20H24I2O6. The fourth-order valence-corrected chi connectivity index (χ4v) is 2.94. The number of esters is 1. The highest BCUT2D eigenvalue weighted by atomic mass is 127. The molecule has 0 radical (unpaired) electrons. The minimum atomic E-state index is -0.457. The largest absolute Gasteiger partial charge is 0.497 e. The maximum atomic E-state index is 11.9. The number of carbonyl (C=O) groups is 1. The summed E-state index contributed by atoms with van der Waals surface area (Å²) in [5, 5.41) is 0.740. The molecule has 1 aromatic carbocycles. The van der Waals surface area contributed by atoms with Crippen LogP contribution in [0.3, 0.4) is 0 Å². The Morgan fingerprint density at radius 1 is 1.14 bits per heavy atom. The number of rotatable bonds is 11. The molecule has 0 fully saturated rings. The highest BCUT2D eigenvalue weighted by Gasteiger charge is 2.29. The lowest BCUT2D eigenvalue weighted by molar-refractivity contribution is -0.144. The summed E-state index contributed by atoms with van der Waals surface area (Å²) in [5.41, 5.74) is -0.0104. The molecule has 8 heteroatoms. The topological polar surface area (TPSA) is 75.0 Å². The summed E-state index contributed by atoms with van der Waals surface area (Å²) in [7, 11) is 1.56. The van der Waals surface area contributed by atoms with Crippen molar-refractivity contribution >= 4 is 62.1 Å². The Hall–Kier alpha value is -1.04. The summed E-state index contributed by atoms with van der Waals surface area (Å²) in [6.07, 6.45) is 3.59. The van der Waals surface area contributed by atoms with E-state index in [1.165, 1.54) is 6.07 Å². The summed E-state index contributed by atoms with van der Waals surface area (Å²) in [6, 6.07) is 6.65. The van der Waals surface area contributed by atoms with Gasteiger partial charge in [0.15, 0.2) is 0 Å². The minimum Gasteiger partial charge on any atom is -0.497 e. The van der Waals surface area contributed by atoms with Crippen molar-refractivity contribution in [2.75, 3.05) is 24.8 Å². The molecule has 0 saturated heterocycles. The zero-order valence-electron chi connectivity index (χ0n) is 16.0. The normalized spacial score (nSPS) is 13.1. The highest BCUT2D eigenvalue weighted by molar-refractivity contribution is 14.1.